The van der Waals surface area contributed by atoms with Crippen LogP contribution in [0.2, 0.25) is 0 Å². The summed E-state index contributed by atoms with van der Waals surface area (Å²) in [6.07, 6.45) is -1.17. The molecule has 0 fully saturated rings. The lowest BCUT2D eigenvalue weighted by atomic mass is 10.1. The second-order valence-electron chi connectivity index (χ2n) is 6.15. The number of hydrogen-bond donors (Lipinski definition) is 2. The lowest BCUT2D eigenvalue weighted by Gasteiger charge is -2.15. The Morgan fingerprint density at radius 1 is 0.933 bits per heavy atom. The molecule has 0 heterocycles. The Bertz CT molecular complexity index is 928. The number of ether oxygens (including phenoxy) is 3. The van der Waals surface area contributed by atoms with Crippen LogP contribution in [0, 0.1) is 0 Å². The van der Waals surface area contributed by atoms with E-state index in [1.807, 2.05) is 0 Å². The van der Waals surface area contributed by atoms with Crippen molar-refractivity contribution in [2.24, 2.45) is 0 Å². The molecular weight excluding hydrogens is 392 g/mol. The largest absolute Gasteiger partial charge is 0.493 e. The zero-order chi connectivity index (χ0) is 22.1. The molecule has 9 heteroatoms. The van der Waals surface area contributed by atoms with Crippen LogP contribution in [0.5, 0.6) is 11.5 Å². The van der Waals surface area contributed by atoms with Gasteiger partial charge in [0.25, 0.3) is 11.8 Å². The molecule has 158 valence electrons. The van der Waals surface area contributed by atoms with Crippen molar-refractivity contribution in [3.05, 3.63) is 59.7 Å². The summed E-state index contributed by atoms with van der Waals surface area (Å²) >= 11 is 0. The first-order chi connectivity index (χ1) is 14.3. The summed E-state index contributed by atoms with van der Waals surface area (Å²) in [5.41, 5.74) is 5.22. The summed E-state index contributed by atoms with van der Waals surface area (Å²) < 4.78 is 15.5. The summed E-state index contributed by atoms with van der Waals surface area (Å²) in [6, 6.07) is 12.8. The smallest absolute Gasteiger partial charge is 0.344 e. The maximum atomic E-state index is 12.0. The van der Waals surface area contributed by atoms with E-state index >= 15 is 0 Å². The van der Waals surface area contributed by atoms with Crippen molar-refractivity contribution in [2.45, 2.75) is 20.0 Å². The summed E-state index contributed by atoms with van der Waals surface area (Å²) in [7, 11) is 1.40. The van der Waals surface area contributed by atoms with Crippen LogP contribution in [0.3, 0.4) is 0 Å². The first kappa shape index (κ1) is 22.4. The molecule has 2 aromatic rings. The summed E-state index contributed by atoms with van der Waals surface area (Å²) in [4.78, 5) is 47.3. The summed E-state index contributed by atoms with van der Waals surface area (Å²) in [5.74, 6) is -1.64. The van der Waals surface area contributed by atoms with Crippen LogP contribution in [0.1, 0.15) is 34.6 Å². The monoisotopic (exact) mass is 414 g/mol. The molecule has 1 atom stereocenters. The van der Waals surface area contributed by atoms with Gasteiger partial charge < -0.3 is 14.2 Å². The van der Waals surface area contributed by atoms with Crippen molar-refractivity contribution in [1.29, 1.82) is 0 Å². The fourth-order valence-electron chi connectivity index (χ4n) is 2.31. The molecule has 30 heavy (non-hydrogen) atoms. The van der Waals surface area contributed by atoms with E-state index in [1.165, 1.54) is 39.2 Å². The molecule has 2 N–H and O–H groups in total. The molecule has 0 radical (unpaired) electrons. The standard InChI is InChI=1S/C21H22N2O7/c1-13(24)16-9-10-17(18(11-16)28-3)29-12-19(25)30-14(2)20(26)22-23-21(27)15-7-5-4-6-8-15/h4-11,14H,12H2,1-3H3,(H,22,26)(H,23,27)/t14-/m1/s1. The number of esters is 1. The van der Waals surface area contributed by atoms with Crippen LogP contribution in [0.4, 0.5) is 0 Å². The van der Waals surface area contributed by atoms with Crippen LogP contribution in [-0.4, -0.2) is 43.4 Å². The molecule has 0 saturated carbocycles. The number of methoxy groups -OCH3 is 1. The highest BCUT2D eigenvalue weighted by atomic mass is 16.6. The van der Waals surface area contributed by atoms with E-state index in [9.17, 15) is 19.2 Å². The quantitative estimate of drug-likeness (QED) is 0.383. The SMILES string of the molecule is COc1cc(C(C)=O)ccc1OCC(=O)O[C@H](C)C(=O)NNC(=O)c1ccccc1. The number of amides is 2. The first-order valence-electron chi connectivity index (χ1n) is 8.98. The Hall–Kier alpha value is -3.88. The molecule has 2 aromatic carbocycles. The van der Waals surface area contributed by atoms with E-state index in [4.69, 9.17) is 14.2 Å². The molecule has 0 aliphatic carbocycles. The predicted molar refractivity (Wildman–Crippen MR) is 106 cm³/mol. The third kappa shape index (κ3) is 6.33. The highest BCUT2D eigenvalue weighted by molar-refractivity contribution is 5.96. The van der Waals surface area contributed by atoms with Crippen LogP contribution in [0.15, 0.2) is 48.5 Å². The minimum atomic E-state index is -1.17. The van der Waals surface area contributed by atoms with Crippen LogP contribution >= 0.6 is 0 Å². The molecule has 0 aromatic heterocycles. The normalized spacial score (nSPS) is 11.0. The highest BCUT2D eigenvalue weighted by Gasteiger charge is 2.19. The second kappa shape index (κ2) is 10.6. The van der Waals surface area contributed by atoms with E-state index in [0.717, 1.165) is 0 Å². The molecule has 0 unspecified atom stereocenters. The first-order valence-corrected chi connectivity index (χ1v) is 8.98. The average molecular weight is 414 g/mol. The third-order valence-corrected chi connectivity index (χ3v) is 3.93. The molecule has 0 bridgehead atoms. The van der Waals surface area contributed by atoms with Gasteiger partial charge in [-0.15, -0.1) is 0 Å². The fraction of sp³-hybridized carbons (Fsp3) is 0.238. The van der Waals surface area contributed by atoms with Gasteiger partial charge in [0.15, 0.2) is 30.0 Å². The van der Waals surface area contributed by atoms with Gasteiger partial charge in [0.05, 0.1) is 7.11 Å². The Balaban J connectivity index is 1.82. The maximum absolute atomic E-state index is 12.0. The minimum absolute atomic E-state index is 0.140. The van der Waals surface area contributed by atoms with Crippen molar-refractivity contribution >= 4 is 23.6 Å². The maximum Gasteiger partial charge on any atom is 0.344 e. The number of hydrazine groups is 1. The molecule has 2 amide bonds. The molecule has 0 aliphatic rings. The van der Waals surface area contributed by atoms with Crippen molar-refractivity contribution in [3.8, 4) is 11.5 Å². The number of carbonyl (C=O) groups excluding carboxylic acids is 4. The molecule has 0 spiro atoms. The van der Waals surface area contributed by atoms with Crippen molar-refractivity contribution < 1.29 is 33.4 Å². The Morgan fingerprint density at radius 3 is 2.27 bits per heavy atom. The number of benzene rings is 2. The van der Waals surface area contributed by atoms with Gasteiger partial charge in [-0.1, -0.05) is 18.2 Å². The highest BCUT2D eigenvalue weighted by Crippen LogP contribution is 2.28. The lowest BCUT2D eigenvalue weighted by Crippen LogP contribution is -2.47. The van der Waals surface area contributed by atoms with Crippen molar-refractivity contribution in [1.82, 2.24) is 10.9 Å². The van der Waals surface area contributed by atoms with Gasteiger partial charge in [-0.3, -0.25) is 25.2 Å². The summed E-state index contributed by atoms with van der Waals surface area (Å²) in [6.45, 7) is 2.29. The van der Waals surface area contributed by atoms with E-state index in [-0.39, 0.29) is 17.3 Å². The molecule has 9 nitrogen and oxygen atoms in total. The van der Waals surface area contributed by atoms with Crippen molar-refractivity contribution in [3.63, 3.8) is 0 Å². The lowest BCUT2D eigenvalue weighted by molar-refractivity contribution is -0.156. The topological polar surface area (TPSA) is 120 Å². The third-order valence-electron chi connectivity index (χ3n) is 3.93. The molecular formula is C21H22N2O7. The van der Waals surface area contributed by atoms with Gasteiger partial charge in [0.2, 0.25) is 0 Å². The van der Waals surface area contributed by atoms with Gasteiger partial charge >= 0.3 is 5.97 Å². The second-order valence-corrected chi connectivity index (χ2v) is 6.15. The number of hydrogen-bond acceptors (Lipinski definition) is 7. The Morgan fingerprint density at radius 2 is 1.63 bits per heavy atom. The number of nitrogens with one attached hydrogen (secondary N) is 2. The van der Waals surface area contributed by atoms with Crippen LogP contribution < -0.4 is 20.3 Å². The van der Waals surface area contributed by atoms with Crippen LogP contribution in [-0.2, 0) is 14.3 Å². The predicted octanol–water partition coefficient (Wildman–Crippen LogP) is 1.67. The number of Topliss-reactive ketones (excluding diaryl/α,β-unsaturated/α-hetero) is 1. The van der Waals surface area contributed by atoms with Gasteiger partial charge in [0, 0.05) is 11.1 Å². The zero-order valence-electron chi connectivity index (χ0n) is 16.8. The number of ketones is 1. The van der Waals surface area contributed by atoms with Gasteiger partial charge in [-0.25, -0.2) is 4.79 Å². The van der Waals surface area contributed by atoms with Crippen LogP contribution in [0.25, 0.3) is 0 Å². The van der Waals surface area contributed by atoms with Crippen molar-refractivity contribution in [2.75, 3.05) is 13.7 Å². The molecule has 0 saturated heterocycles. The van der Waals surface area contributed by atoms with Gasteiger partial charge in [0.1, 0.15) is 0 Å². The van der Waals surface area contributed by atoms with E-state index in [1.54, 1.807) is 30.3 Å². The van der Waals surface area contributed by atoms with E-state index in [2.05, 4.69) is 10.9 Å². The summed E-state index contributed by atoms with van der Waals surface area (Å²) in [5, 5.41) is 0. The number of carbonyl (C=O) groups is 4. The number of rotatable bonds is 8. The zero-order valence-corrected chi connectivity index (χ0v) is 16.8. The van der Waals surface area contributed by atoms with E-state index < -0.39 is 30.5 Å². The Labute approximate surface area is 173 Å². The van der Waals surface area contributed by atoms with Gasteiger partial charge in [-0.05, 0) is 44.2 Å². The Kier molecular flexibility index (Phi) is 7.92. The molecule has 0 aliphatic heterocycles. The average Bonchev–Trinajstić information content (AvgIpc) is 2.75. The van der Waals surface area contributed by atoms with Gasteiger partial charge in [-0.2, -0.15) is 0 Å². The fourth-order valence-corrected chi connectivity index (χ4v) is 2.31. The molecule has 2 rings (SSSR count). The minimum Gasteiger partial charge on any atom is -0.493 e. The van der Waals surface area contributed by atoms with E-state index in [0.29, 0.717) is 11.1 Å².